The maximum Gasteiger partial charge on any atom is 0.256 e. The fourth-order valence-corrected chi connectivity index (χ4v) is 2.76. The standard InChI is InChI=1S/C16H26N4O/c1-4-13(3)19-7-9-20(10-8-19)16(21)14-6-5-12(2)11-15(14)18-17/h5-6,11,13,18H,4,7-10,17H2,1-3H3. The first-order valence-corrected chi connectivity index (χ1v) is 7.67. The van der Waals surface area contributed by atoms with Crippen molar-refractivity contribution in [1.82, 2.24) is 9.80 Å². The van der Waals surface area contributed by atoms with Gasteiger partial charge < -0.3 is 10.3 Å². The zero-order valence-corrected chi connectivity index (χ0v) is 13.2. The van der Waals surface area contributed by atoms with Gasteiger partial charge in [0, 0.05) is 32.2 Å². The summed E-state index contributed by atoms with van der Waals surface area (Å²) in [4.78, 5) is 17.0. The smallest absolute Gasteiger partial charge is 0.256 e. The van der Waals surface area contributed by atoms with Crippen LogP contribution in [0.4, 0.5) is 5.69 Å². The summed E-state index contributed by atoms with van der Waals surface area (Å²) in [7, 11) is 0. The molecule has 1 amide bonds. The Labute approximate surface area is 127 Å². The van der Waals surface area contributed by atoms with E-state index >= 15 is 0 Å². The molecule has 1 saturated heterocycles. The zero-order valence-electron chi connectivity index (χ0n) is 13.2. The quantitative estimate of drug-likeness (QED) is 0.656. The number of hydrogen-bond donors (Lipinski definition) is 2. The Hall–Kier alpha value is -1.59. The van der Waals surface area contributed by atoms with Crippen LogP contribution in [0.15, 0.2) is 18.2 Å². The second-order valence-corrected chi connectivity index (χ2v) is 5.78. The van der Waals surface area contributed by atoms with Crippen molar-refractivity contribution in [2.24, 2.45) is 5.84 Å². The van der Waals surface area contributed by atoms with E-state index in [0.717, 1.165) is 38.2 Å². The second-order valence-electron chi connectivity index (χ2n) is 5.78. The first-order valence-electron chi connectivity index (χ1n) is 7.67. The molecule has 1 unspecified atom stereocenters. The largest absolute Gasteiger partial charge is 0.336 e. The van der Waals surface area contributed by atoms with Crippen LogP contribution in [0.25, 0.3) is 0 Å². The van der Waals surface area contributed by atoms with Crippen LogP contribution in [-0.2, 0) is 0 Å². The number of aryl methyl sites for hydroxylation is 1. The third-order valence-corrected chi connectivity index (χ3v) is 4.38. The van der Waals surface area contributed by atoms with Crippen molar-refractivity contribution in [3.8, 4) is 0 Å². The van der Waals surface area contributed by atoms with Gasteiger partial charge in [0.1, 0.15) is 0 Å². The minimum absolute atomic E-state index is 0.0618. The lowest BCUT2D eigenvalue weighted by Crippen LogP contribution is -2.51. The summed E-state index contributed by atoms with van der Waals surface area (Å²) in [5.74, 6) is 5.60. The molecule has 116 valence electrons. The summed E-state index contributed by atoms with van der Waals surface area (Å²) in [5.41, 5.74) is 5.07. The predicted molar refractivity (Wildman–Crippen MR) is 86.2 cm³/mol. The number of rotatable bonds is 4. The number of nitrogens with one attached hydrogen (secondary N) is 1. The normalized spacial score (nSPS) is 17.6. The number of anilines is 1. The molecule has 0 aliphatic carbocycles. The number of carbonyl (C=O) groups is 1. The van der Waals surface area contributed by atoms with Gasteiger partial charge in [-0.1, -0.05) is 13.0 Å². The van der Waals surface area contributed by atoms with E-state index in [-0.39, 0.29) is 5.91 Å². The van der Waals surface area contributed by atoms with Gasteiger partial charge in [-0.2, -0.15) is 0 Å². The Morgan fingerprint density at radius 2 is 2.00 bits per heavy atom. The lowest BCUT2D eigenvalue weighted by Gasteiger charge is -2.38. The number of nitrogens with zero attached hydrogens (tertiary/aromatic N) is 2. The van der Waals surface area contributed by atoms with Crippen LogP contribution in [-0.4, -0.2) is 47.9 Å². The summed E-state index contributed by atoms with van der Waals surface area (Å²) in [6.07, 6.45) is 1.15. The molecule has 1 aliphatic heterocycles. The van der Waals surface area contributed by atoms with Gasteiger partial charge in [0.2, 0.25) is 0 Å². The zero-order chi connectivity index (χ0) is 15.4. The monoisotopic (exact) mass is 290 g/mol. The molecular formula is C16H26N4O. The van der Waals surface area contributed by atoms with E-state index in [1.165, 1.54) is 0 Å². The van der Waals surface area contributed by atoms with E-state index in [1.54, 1.807) is 0 Å². The highest BCUT2D eigenvalue weighted by Gasteiger charge is 2.25. The molecule has 0 aromatic heterocycles. The lowest BCUT2D eigenvalue weighted by molar-refractivity contribution is 0.0580. The number of hydrazine groups is 1. The van der Waals surface area contributed by atoms with E-state index in [4.69, 9.17) is 5.84 Å². The molecule has 1 aromatic carbocycles. The first kappa shape index (κ1) is 15.8. The number of piperazine rings is 1. The molecule has 1 atom stereocenters. The van der Waals surface area contributed by atoms with Crippen LogP contribution in [0.3, 0.4) is 0 Å². The van der Waals surface area contributed by atoms with Crippen LogP contribution in [0, 0.1) is 6.92 Å². The Balaban J connectivity index is 2.05. The van der Waals surface area contributed by atoms with E-state index < -0.39 is 0 Å². The highest BCUT2D eigenvalue weighted by atomic mass is 16.2. The number of nitrogen functional groups attached to an aromatic ring is 1. The third kappa shape index (κ3) is 3.54. The van der Waals surface area contributed by atoms with Crippen molar-refractivity contribution in [2.75, 3.05) is 31.6 Å². The maximum atomic E-state index is 12.6. The average Bonchev–Trinajstić information content (AvgIpc) is 2.53. The highest BCUT2D eigenvalue weighted by molar-refractivity contribution is 5.99. The Bertz CT molecular complexity index is 495. The summed E-state index contributed by atoms with van der Waals surface area (Å²) >= 11 is 0. The van der Waals surface area contributed by atoms with Gasteiger partial charge in [-0.05, 0) is 38.0 Å². The number of hydrogen-bond acceptors (Lipinski definition) is 4. The molecule has 1 aromatic rings. The van der Waals surface area contributed by atoms with Gasteiger partial charge in [-0.3, -0.25) is 15.5 Å². The molecule has 5 nitrogen and oxygen atoms in total. The Morgan fingerprint density at radius 3 is 2.57 bits per heavy atom. The van der Waals surface area contributed by atoms with E-state index in [0.29, 0.717) is 17.3 Å². The van der Waals surface area contributed by atoms with Crippen molar-refractivity contribution in [3.63, 3.8) is 0 Å². The molecule has 2 rings (SSSR count). The first-order chi connectivity index (χ1) is 10.1. The summed E-state index contributed by atoms with van der Waals surface area (Å²) < 4.78 is 0. The number of carbonyl (C=O) groups excluding carboxylic acids is 1. The van der Waals surface area contributed by atoms with E-state index in [2.05, 4.69) is 24.2 Å². The minimum Gasteiger partial charge on any atom is -0.336 e. The van der Waals surface area contributed by atoms with Gasteiger partial charge in [-0.25, -0.2) is 0 Å². The number of benzene rings is 1. The summed E-state index contributed by atoms with van der Waals surface area (Å²) in [6, 6.07) is 6.29. The van der Waals surface area contributed by atoms with Crippen molar-refractivity contribution in [2.45, 2.75) is 33.2 Å². The molecule has 1 fully saturated rings. The van der Waals surface area contributed by atoms with E-state index in [9.17, 15) is 4.79 Å². The third-order valence-electron chi connectivity index (χ3n) is 4.38. The van der Waals surface area contributed by atoms with Crippen molar-refractivity contribution in [1.29, 1.82) is 0 Å². The fourth-order valence-electron chi connectivity index (χ4n) is 2.76. The summed E-state index contributed by atoms with van der Waals surface area (Å²) in [6.45, 7) is 9.87. The Morgan fingerprint density at radius 1 is 1.33 bits per heavy atom. The molecule has 1 aliphatic rings. The van der Waals surface area contributed by atoms with Crippen molar-refractivity contribution in [3.05, 3.63) is 29.3 Å². The van der Waals surface area contributed by atoms with Crippen LogP contribution in [0.5, 0.6) is 0 Å². The van der Waals surface area contributed by atoms with Gasteiger partial charge in [0.15, 0.2) is 0 Å². The second kappa shape index (κ2) is 6.91. The van der Waals surface area contributed by atoms with Crippen LogP contribution >= 0.6 is 0 Å². The van der Waals surface area contributed by atoms with Gasteiger partial charge in [0.05, 0.1) is 11.3 Å². The topological polar surface area (TPSA) is 61.6 Å². The molecule has 0 saturated carbocycles. The van der Waals surface area contributed by atoms with Crippen molar-refractivity contribution >= 4 is 11.6 Å². The molecule has 0 radical (unpaired) electrons. The van der Waals surface area contributed by atoms with Gasteiger partial charge >= 0.3 is 0 Å². The van der Waals surface area contributed by atoms with Crippen LogP contribution in [0.2, 0.25) is 0 Å². The maximum absolute atomic E-state index is 12.6. The molecule has 5 heteroatoms. The molecular weight excluding hydrogens is 264 g/mol. The fraction of sp³-hybridized carbons (Fsp3) is 0.562. The van der Waals surface area contributed by atoms with Crippen LogP contribution < -0.4 is 11.3 Å². The summed E-state index contributed by atoms with van der Waals surface area (Å²) in [5, 5.41) is 0. The highest BCUT2D eigenvalue weighted by Crippen LogP contribution is 2.20. The predicted octanol–water partition coefficient (Wildman–Crippen LogP) is 1.84. The molecule has 21 heavy (non-hydrogen) atoms. The molecule has 0 bridgehead atoms. The average molecular weight is 290 g/mol. The van der Waals surface area contributed by atoms with Gasteiger partial charge in [-0.15, -0.1) is 0 Å². The molecule has 1 heterocycles. The molecule has 3 N–H and O–H groups in total. The lowest BCUT2D eigenvalue weighted by atomic mass is 10.1. The van der Waals surface area contributed by atoms with Gasteiger partial charge in [0.25, 0.3) is 5.91 Å². The number of amides is 1. The SMILES string of the molecule is CCC(C)N1CCN(C(=O)c2ccc(C)cc2NN)CC1. The number of nitrogens with two attached hydrogens (primary N) is 1. The van der Waals surface area contributed by atoms with Crippen molar-refractivity contribution < 1.29 is 4.79 Å². The minimum atomic E-state index is 0.0618. The van der Waals surface area contributed by atoms with E-state index in [1.807, 2.05) is 30.0 Å². The Kier molecular flexibility index (Phi) is 5.20. The van der Waals surface area contributed by atoms with Crippen LogP contribution in [0.1, 0.15) is 36.2 Å². The molecule has 0 spiro atoms.